The molecule has 0 aromatic heterocycles. The molecule has 0 spiro atoms. The fourth-order valence-corrected chi connectivity index (χ4v) is 4.35. The van der Waals surface area contributed by atoms with E-state index in [-0.39, 0.29) is 6.04 Å². The van der Waals surface area contributed by atoms with Crippen LogP contribution in [0.3, 0.4) is 0 Å². The lowest BCUT2D eigenvalue weighted by Gasteiger charge is -2.34. The molecule has 3 rings (SSSR count). The van der Waals surface area contributed by atoms with Gasteiger partial charge in [-0.15, -0.1) is 0 Å². The van der Waals surface area contributed by atoms with Crippen molar-refractivity contribution in [2.24, 2.45) is 5.92 Å². The molecular formula is C14H18ClNO3S. The Hall–Kier alpha value is -0.620. The molecule has 1 aliphatic heterocycles. The number of hydrogen-bond acceptors (Lipinski definition) is 3. The molecule has 0 bridgehead atoms. The number of sulfonamides is 1. The monoisotopic (exact) mass is 315 g/mol. The number of hydrogen-bond donors (Lipinski definition) is 0. The van der Waals surface area contributed by atoms with Gasteiger partial charge in [-0.1, -0.05) is 24.4 Å². The molecule has 1 aromatic rings. The molecule has 2 fully saturated rings. The van der Waals surface area contributed by atoms with Gasteiger partial charge in [-0.3, -0.25) is 0 Å². The van der Waals surface area contributed by atoms with Gasteiger partial charge in [0.1, 0.15) is 0 Å². The maximum Gasteiger partial charge on any atom is 0.243 e. The van der Waals surface area contributed by atoms with Crippen molar-refractivity contribution >= 4 is 21.6 Å². The molecule has 1 aromatic carbocycles. The summed E-state index contributed by atoms with van der Waals surface area (Å²) in [6.45, 7) is 1.40. The second-order valence-electron chi connectivity index (χ2n) is 5.48. The average molecular weight is 316 g/mol. The van der Waals surface area contributed by atoms with Gasteiger partial charge in [0.25, 0.3) is 0 Å². The molecule has 0 amide bonds. The van der Waals surface area contributed by atoms with E-state index in [2.05, 4.69) is 0 Å². The van der Waals surface area contributed by atoms with Crippen LogP contribution in [0.15, 0.2) is 29.2 Å². The van der Waals surface area contributed by atoms with E-state index >= 15 is 0 Å². The predicted molar refractivity (Wildman–Crippen MR) is 77.3 cm³/mol. The standard InChI is InChI=1S/C14H18ClNO3S/c15-12-3-5-14(6-4-12)20(17,18)16-7-8-19-10-13(16)9-11-1-2-11/h3-6,11,13H,1-2,7-10H2/t13-/m1/s1. The van der Waals surface area contributed by atoms with E-state index in [4.69, 9.17) is 16.3 Å². The normalized spacial score (nSPS) is 24.8. The molecule has 1 heterocycles. The predicted octanol–water partition coefficient (Wildman–Crippen LogP) is 2.53. The first-order valence-electron chi connectivity index (χ1n) is 6.92. The highest BCUT2D eigenvalue weighted by Crippen LogP contribution is 2.36. The molecule has 0 unspecified atom stereocenters. The van der Waals surface area contributed by atoms with Gasteiger partial charge < -0.3 is 4.74 Å². The first kappa shape index (κ1) is 14.3. The zero-order valence-corrected chi connectivity index (χ0v) is 12.7. The van der Waals surface area contributed by atoms with Gasteiger partial charge in [-0.2, -0.15) is 4.31 Å². The first-order valence-corrected chi connectivity index (χ1v) is 8.74. The molecule has 1 atom stereocenters. The Morgan fingerprint density at radius 1 is 1.25 bits per heavy atom. The Labute approximate surface area is 124 Å². The highest BCUT2D eigenvalue weighted by atomic mass is 35.5. The molecule has 1 aliphatic carbocycles. The summed E-state index contributed by atoms with van der Waals surface area (Å²) in [5.41, 5.74) is 0. The molecule has 1 saturated heterocycles. The number of halogens is 1. The second-order valence-corrected chi connectivity index (χ2v) is 7.80. The van der Waals surface area contributed by atoms with Crippen LogP contribution in [0.5, 0.6) is 0 Å². The lowest BCUT2D eigenvalue weighted by Crippen LogP contribution is -2.48. The van der Waals surface area contributed by atoms with Crippen LogP contribution < -0.4 is 0 Å². The third kappa shape index (κ3) is 3.01. The zero-order valence-electron chi connectivity index (χ0n) is 11.2. The van der Waals surface area contributed by atoms with Gasteiger partial charge in [0.05, 0.1) is 18.1 Å². The van der Waals surface area contributed by atoms with Crippen LogP contribution in [0.4, 0.5) is 0 Å². The van der Waals surface area contributed by atoms with Crippen LogP contribution >= 0.6 is 11.6 Å². The number of benzene rings is 1. The Balaban J connectivity index is 1.85. The van der Waals surface area contributed by atoms with Gasteiger partial charge in [-0.05, 0) is 36.6 Å². The van der Waals surface area contributed by atoms with Crippen molar-refractivity contribution in [3.8, 4) is 0 Å². The average Bonchev–Trinajstić information content (AvgIpc) is 3.24. The lowest BCUT2D eigenvalue weighted by molar-refractivity contribution is 0.0277. The molecule has 0 N–H and O–H groups in total. The van der Waals surface area contributed by atoms with Crippen molar-refractivity contribution in [2.75, 3.05) is 19.8 Å². The van der Waals surface area contributed by atoms with Crippen molar-refractivity contribution in [2.45, 2.75) is 30.2 Å². The van der Waals surface area contributed by atoms with Crippen molar-refractivity contribution < 1.29 is 13.2 Å². The Morgan fingerprint density at radius 2 is 1.95 bits per heavy atom. The molecule has 2 aliphatic rings. The van der Waals surface area contributed by atoms with E-state index < -0.39 is 10.0 Å². The van der Waals surface area contributed by atoms with Gasteiger partial charge in [0, 0.05) is 17.6 Å². The summed E-state index contributed by atoms with van der Waals surface area (Å²) in [7, 11) is -3.45. The summed E-state index contributed by atoms with van der Waals surface area (Å²) in [5, 5.41) is 0.542. The number of rotatable bonds is 4. The third-order valence-electron chi connectivity index (χ3n) is 3.90. The van der Waals surface area contributed by atoms with Crippen molar-refractivity contribution in [1.29, 1.82) is 0 Å². The maximum absolute atomic E-state index is 12.7. The molecular weight excluding hydrogens is 298 g/mol. The van der Waals surface area contributed by atoms with Crippen LogP contribution in [0.25, 0.3) is 0 Å². The molecule has 4 nitrogen and oxygen atoms in total. The number of morpholine rings is 1. The van der Waals surface area contributed by atoms with E-state index in [1.165, 1.54) is 12.8 Å². The van der Waals surface area contributed by atoms with E-state index in [1.54, 1.807) is 28.6 Å². The Morgan fingerprint density at radius 3 is 2.60 bits per heavy atom. The van der Waals surface area contributed by atoms with Gasteiger partial charge >= 0.3 is 0 Å². The van der Waals surface area contributed by atoms with Gasteiger partial charge in [-0.25, -0.2) is 8.42 Å². The fraction of sp³-hybridized carbons (Fsp3) is 0.571. The van der Waals surface area contributed by atoms with E-state index in [0.29, 0.717) is 35.6 Å². The summed E-state index contributed by atoms with van der Waals surface area (Å²) in [4.78, 5) is 0.310. The largest absolute Gasteiger partial charge is 0.378 e. The Kier molecular flexibility index (Phi) is 4.04. The molecule has 1 saturated carbocycles. The van der Waals surface area contributed by atoms with Crippen LogP contribution in [-0.4, -0.2) is 38.5 Å². The molecule has 6 heteroatoms. The smallest absolute Gasteiger partial charge is 0.243 e. The molecule has 20 heavy (non-hydrogen) atoms. The minimum absolute atomic E-state index is 0.0306. The minimum atomic E-state index is -3.45. The van der Waals surface area contributed by atoms with Crippen LogP contribution in [0.2, 0.25) is 5.02 Å². The van der Waals surface area contributed by atoms with Crippen molar-refractivity contribution in [1.82, 2.24) is 4.31 Å². The van der Waals surface area contributed by atoms with Crippen molar-refractivity contribution in [3.63, 3.8) is 0 Å². The fourth-order valence-electron chi connectivity index (χ4n) is 2.62. The number of ether oxygens (including phenoxy) is 1. The summed E-state index contributed by atoms with van der Waals surface area (Å²) < 4.78 is 32.5. The quantitative estimate of drug-likeness (QED) is 0.858. The maximum atomic E-state index is 12.7. The SMILES string of the molecule is O=S(=O)(c1ccc(Cl)cc1)N1CCOC[C@H]1CC1CC1. The summed E-state index contributed by atoms with van der Waals surface area (Å²) >= 11 is 5.82. The molecule has 110 valence electrons. The van der Waals surface area contributed by atoms with E-state index in [0.717, 1.165) is 6.42 Å². The highest BCUT2D eigenvalue weighted by Gasteiger charge is 2.37. The van der Waals surface area contributed by atoms with Crippen molar-refractivity contribution in [3.05, 3.63) is 29.3 Å². The van der Waals surface area contributed by atoms with Crippen LogP contribution in [-0.2, 0) is 14.8 Å². The summed E-state index contributed by atoms with van der Waals surface area (Å²) in [6.07, 6.45) is 3.34. The van der Waals surface area contributed by atoms with Crippen LogP contribution in [0.1, 0.15) is 19.3 Å². The van der Waals surface area contributed by atoms with E-state index in [1.807, 2.05) is 0 Å². The lowest BCUT2D eigenvalue weighted by atomic mass is 10.1. The highest BCUT2D eigenvalue weighted by molar-refractivity contribution is 7.89. The van der Waals surface area contributed by atoms with Gasteiger partial charge in [0.2, 0.25) is 10.0 Å². The Bertz CT molecular complexity index is 569. The number of nitrogens with zero attached hydrogens (tertiary/aromatic N) is 1. The summed E-state index contributed by atoms with van der Waals surface area (Å²) in [6, 6.07) is 6.34. The van der Waals surface area contributed by atoms with E-state index in [9.17, 15) is 8.42 Å². The zero-order chi connectivity index (χ0) is 14.2. The first-order chi connectivity index (χ1) is 9.57. The van der Waals surface area contributed by atoms with Gasteiger partial charge in [0.15, 0.2) is 0 Å². The molecule has 0 radical (unpaired) electrons. The van der Waals surface area contributed by atoms with Crippen LogP contribution in [0, 0.1) is 5.92 Å². The summed E-state index contributed by atoms with van der Waals surface area (Å²) in [5.74, 6) is 0.671. The third-order valence-corrected chi connectivity index (χ3v) is 6.11. The second kappa shape index (κ2) is 5.64. The minimum Gasteiger partial charge on any atom is -0.378 e. The topological polar surface area (TPSA) is 46.6 Å².